The van der Waals surface area contributed by atoms with E-state index in [1.54, 1.807) is 23.2 Å². The lowest BCUT2D eigenvalue weighted by Crippen LogP contribution is -2.31. The van der Waals surface area contributed by atoms with Gasteiger partial charge in [0.15, 0.2) is 0 Å². The summed E-state index contributed by atoms with van der Waals surface area (Å²) in [5, 5.41) is 2.99. The van der Waals surface area contributed by atoms with Crippen LogP contribution in [0.4, 0.5) is 5.95 Å². The summed E-state index contributed by atoms with van der Waals surface area (Å²) in [6, 6.07) is 11.5. The number of carbonyl (C=O) groups is 1. The fraction of sp³-hybridized carbons (Fsp3) is 0.235. The second-order valence-electron chi connectivity index (χ2n) is 4.74. The molecule has 5 heteroatoms. The van der Waals surface area contributed by atoms with Crippen molar-refractivity contribution >= 4 is 11.9 Å². The molecule has 1 aromatic carbocycles. The maximum Gasteiger partial charge on any atom is 0.272 e. The summed E-state index contributed by atoms with van der Waals surface area (Å²) in [4.78, 5) is 22.7. The molecule has 0 aliphatic carbocycles. The van der Waals surface area contributed by atoms with Crippen molar-refractivity contribution in [2.45, 2.75) is 13.5 Å². The van der Waals surface area contributed by atoms with Crippen LogP contribution in [0.25, 0.3) is 0 Å². The molecule has 0 saturated carbocycles. The molecule has 1 N–H and O–H groups in total. The normalized spacial score (nSPS) is 10.0. The Hall–Kier alpha value is -2.69. The van der Waals surface area contributed by atoms with Crippen LogP contribution in [-0.4, -0.2) is 33.9 Å². The number of hydrogen-bond acceptors (Lipinski definition) is 4. The molecular weight excluding hydrogens is 276 g/mol. The summed E-state index contributed by atoms with van der Waals surface area (Å²) in [6.07, 6.45) is 3.30. The lowest BCUT2D eigenvalue weighted by molar-refractivity contribution is 0.0746. The summed E-state index contributed by atoms with van der Waals surface area (Å²) < 4.78 is 0. The van der Waals surface area contributed by atoms with Gasteiger partial charge < -0.3 is 10.2 Å². The van der Waals surface area contributed by atoms with Crippen LogP contribution in [0, 0.1) is 0 Å². The van der Waals surface area contributed by atoms with Crippen molar-refractivity contribution in [2.75, 3.05) is 18.4 Å². The highest BCUT2D eigenvalue weighted by Gasteiger charge is 2.16. The summed E-state index contributed by atoms with van der Waals surface area (Å²) in [5.41, 5.74) is 1.48. The summed E-state index contributed by atoms with van der Waals surface area (Å²) in [7, 11) is 0. The maximum atomic E-state index is 12.6. The molecule has 1 heterocycles. The van der Waals surface area contributed by atoms with Crippen molar-refractivity contribution in [2.24, 2.45) is 0 Å². The Morgan fingerprint density at radius 3 is 2.77 bits per heavy atom. The Morgan fingerprint density at radius 1 is 1.32 bits per heavy atom. The molecule has 0 radical (unpaired) electrons. The quantitative estimate of drug-likeness (QED) is 0.798. The van der Waals surface area contributed by atoms with Crippen molar-refractivity contribution in [3.8, 4) is 0 Å². The Labute approximate surface area is 130 Å². The smallest absolute Gasteiger partial charge is 0.272 e. The lowest BCUT2D eigenvalue weighted by atomic mass is 10.2. The van der Waals surface area contributed by atoms with Gasteiger partial charge in [0.05, 0.1) is 0 Å². The summed E-state index contributed by atoms with van der Waals surface area (Å²) >= 11 is 0. The van der Waals surface area contributed by atoms with Gasteiger partial charge in [-0.1, -0.05) is 36.4 Å². The minimum absolute atomic E-state index is 0.101. The third kappa shape index (κ3) is 4.15. The van der Waals surface area contributed by atoms with Crippen molar-refractivity contribution in [1.29, 1.82) is 0 Å². The van der Waals surface area contributed by atoms with E-state index in [0.717, 1.165) is 5.56 Å². The number of rotatable bonds is 7. The molecule has 22 heavy (non-hydrogen) atoms. The van der Waals surface area contributed by atoms with Crippen LogP contribution < -0.4 is 5.32 Å². The molecular formula is C17H20N4O. The van der Waals surface area contributed by atoms with Gasteiger partial charge in [-0.3, -0.25) is 4.79 Å². The molecule has 5 nitrogen and oxygen atoms in total. The van der Waals surface area contributed by atoms with Gasteiger partial charge in [-0.05, 0) is 18.6 Å². The van der Waals surface area contributed by atoms with E-state index in [4.69, 9.17) is 0 Å². The number of benzene rings is 1. The number of anilines is 1. The fourth-order valence-electron chi connectivity index (χ4n) is 2.02. The molecule has 0 bridgehead atoms. The lowest BCUT2D eigenvalue weighted by Gasteiger charge is -2.20. The molecule has 0 spiro atoms. The molecule has 2 rings (SSSR count). The van der Waals surface area contributed by atoms with Crippen molar-refractivity contribution < 1.29 is 4.79 Å². The first-order chi connectivity index (χ1) is 10.7. The van der Waals surface area contributed by atoms with Gasteiger partial charge in [0, 0.05) is 25.8 Å². The molecule has 0 aliphatic heterocycles. The largest absolute Gasteiger partial charge is 0.351 e. The van der Waals surface area contributed by atoms with Crippen LogP contribution >= 0.6 is 0 Å². The standard InChI is InChI=1S/C17H20N4O/c1-3-11-18-17-19-12-10-15(20-17)16(22)21(4-2)13-14-8-6-5-7-9-14/h3,5-10,12H,1,4,11,13H2,2H3,(H,18,19,20). The summed E-state index contributed by atoms with van der Waals surface area (Å²) in [6.45, 7) is 7.32. The van der Waals surface area contributed by atoms with Crippen molar-refractivity contribution in [1.82, 2.24) is 14.9 Å². The minimum Gasteiger partial charge on any atom is -0.351 e. The topological polar surface area (TPSA) is 58.1 Å². The van der Waals surface area contributed by atoms with E-state index in [0.29, 0.717) is 31.3 Å². The van der Waals surface area contributed by atoms with E-state index >= 15 is 0 Å². The van der Waals surface area contributed by atoms with Gasteiger partial charge in [-0.2, -0.15) is 0 Å². The molecule has 1 aromatic heterocycles. The van der Waals surface area contributed by atoms with Gasteiger partial charge in [0.2, 0.25) is 5.95 Å². The molecule has 114 valence electrons. The second-order valence-corrected chi connectivity index (χ2v) is 4.74. The van der Waals surface area contributed by atoms with Gasteiger partial charge in [0.25, 0.3) is 5.91 Å². The van der Waals surface area contributed by atoms with E-state index in [-0.39, 0.29) is 5.91 Å². The van der Waals surface area contributed by atoms with Crippen molar-refractivity contribution in [3.05, 3.63) is 66.5 Å². The van der Waals surface area contributed by atoms with Gasteiger partial charge in [0.1, 0.15) is 5.69 Å². The Morgan fingerprint density at radius 2 is 2.09 bits per heavy atom. The Balaban J connectivity index is 2.12. The monoisotopic (exact) mass is 296 g/mol. The third-order valence-electron chi connectivity index (χ3n) is 3.16. The third-order valence-corrected chi connectivity index (χ3v) is 3.16. The molecule has 2 aromatic rings. The number of hydrogen-bond donors (Lipinski definition) is 1. The van der Waals surface area contributed by atoms with Crippen LogP contribution in [0.2, 0.25) is 0 Å². The average Bonchev–Trinajstić information content (AvgIpc) is 2.58. The number of nitrogens with zero attached hydrogens (tertiary/aromatic N) is 3. The van der Waals surface area contributed by atoms with Crippen molar-refractivity contribution in [3.63, 3.8) is 0 Å². The second kappa shape index (κ2) is 7.93. The zero-order valence-corrected chi connectivity index (χ0v) is 12.7. The highest BCUT2D eigenvalue weighted by atomic mass is 16.2. The van der Waals surface area contributed by atoms with E-state index in [9.17, 15) is 4.79 Å². The molecule has 0 fully saturated rings. The predicted molar refractivity (Wildman–Crippen MR) is 87.6 cm³/mol. The van der Waals surface area contributed by atoms with Crippen LogP contribution in [0.3, 0.4) is 0 Å². The van der Waals surface area contributed by atoms with Crippen LogP contribution in [0.1, 0.15) is 23.0 Å². The van der Waals surface area contributed by atoms with Crippen LogP contribution in [-0.2, 0) is 6.54 Å². The van der Waals surface area contributed by atoms with Crippen LogP contribution in [0.15, 0.2) is 55.3 Å². The fourth-order valence-corrected chi connectivity index (χ4v) is 2.02. The maximum absolute atomic E-state index is 12.6. The van der Waals surface area contributed by atoms with E-state index in [2.05, 4.69) is 21.9 Å². The first kappa shape index (κ1) is 15.7. The summed E-state index contributed by atoms with van der Waals surface area (Å²) in [5.74, 6) is 0.330. The van der Waals surface area contributed by atoms with E-state index in [1.165, 1.54) is 0 Å². The van der Waals surface area contributed by atoms with Gasteiger partial charge in [-0.15, -0.1) is 6.58 Å². The molecule has 0 unspecified atom stereocenters. The zero-order chi connectivity index (χ0) is 15.8. The highest BCUT2D eigenvalue weighted by molar-refractivity contribution is 5.92. The molecule has 0 atom stereocenters. The van der Waals surface area contributed by atoms with E-state index < -0.39 is 0 Å². The molecule has 1 amide bonds. The molecule has 0 aliphatic rings. The number of amides is 1. The Kier molecular flexibility index (Phi) is 5.65. The minimum atomic E-state index is -0.101. The van der Waals surface area contributed by atoms with E-state index in [1.807, 2.05) is 37.3 Å². The first-order valence-electron chi connectivity index (χ1n) is 7.25. The number of nitrogens with one attached hydrogen (secondary N) is 1. The number of carbonyl (C=O) groups excluding carboxylic acids is 1. The highest BCUT2D eigenvalue weighted by Crippen LogP contribution is 2.09. The molecule has 0 saturated heterocycles. The average molecular weight is 296 g/mol. The first-order valence-corrected chi connectivity index (χ1v) is 7.25. The zero-order valence-electron chi connectivity index (χ0n) is 12.7. The van der Waals surface area contributed by atoms with Gasteiger partial charge >= 0.3 is 0 Å². The van der Waals surface area contributed by atoms with Gasteiger partial charge in [-0.25, -0.2) is 9.97 Å². The SMILES string of the molecule is C=CCNc1nccc(C(=O)N(CC)Cc2ccccc2)n1. The Bertz CT molecular complexity index is 628. The number of aromatic nitrogens is 2. The van der Waals surface area contributed by atoms with Crippen LogP contribution in [0.5, 0.6) is 0 Å². The predicted octanol–water partition coefficient (Wildman–Crippen LogP) is 2.74.